The zero-order valence-electron chi connectivity index (χ0n) is 11.9. The van der Waals surface area contributed by atoms with Gasteiger partial charge in [-0.05, 0) is 31.8 Å². The Labute approximate surface area is 116 Å². The van der Waals surface area contributed by atoms with E-state index in [1.54, 1.807) is 0 Å². The Morgan fingerprint density at radius 1 is 1.16 bits per heavy atom. The van der Waals surface area contributed by atoms with E-state index in [1.807, 2.05) is 0 Å². The highest BCUT2D eigenvalue weighted by Crippen LogP contribution is 2.07. The van der Waals surface area contributed by atoms with Crippen molar-refractivity contribution in [1.29, 1.82) is 0 Å². The molecule has 0 rings (SSSR count). The maximum absolute atomic E-state index is 11.0. The summed E-state index contributed by atoms with van der Waals surface area (Å²) in [5.41, 5.74) is 0. The Morgan fingerprint density at radius 3 is 2.16 bits per heavy atom. The summed E-state index contributed by atoms with van der Waals surface area (Å²) in [5.74, 6) is -0.202. The van der Waals surface area contributed by atoms with Gasteiger partial charge in [0, 0.05) is 12.2 Å². The van der Waals surface area contributed by atoms with E-state index in [4.69, 9.17) is 0 Å². The van der Waals surface area contributed by atoms with E-state index < -0.39 is 10.1 Å². The largest absolute Gasteiger partial charge is 0.748 e. The molecular formula is C13H25NO4S. The van der Waals surface area contributed by atoms with E-state index in [0.717, 1.165) is 36.8 Å². The smallest absolute Gasteiger partial charge is 0.155 e. The minimum absolute atomic E-state index is 0.0750. The Morgan fingerprint density at radius 2 is 1.68 bits per heavy atom. The molecule has 0 saturated heterocycles. The molecule has 0 spiro atoms. The third-order valence-electron chi connectivity index (χ3n) is 3.07. The predicted octanol–water partition coefficient (Wildman–Crippen LogP) is 1.31. The van der Waals surface area contributed by atoms with Crippen LogP contribution in [-0.4, -0.2) is 56.2 Å². The van der Waals surface area contributed by atoms with Crippen molar-refractivity contribution in [3.63, 3.8) is 0 Å². The molecule has 0 aliphatic rings. The predicted molar refractivity (Wildman–Crippen MR) is 74.7 cm³/mol. The molecule has 0 N–H and O–H groups in total. The van der Waals surface area contributed by atoms with E-state index >= 15 is 0 Å². The van der Waals surface area contributed by atoms with Gasteiger partial charge in [-0.25, -0.2) is 8.42 Å². The van der Waals surface area contributed by atoms with E-state index in [9.17, 15) is 17.8 Å². The van der Waals surface area contributed by atoms with E-state index in [0.29, 0.717) is 12.8 Å². The standard InChI is InChI=1S/C13H25NO4S/c1-4-13(15)9-5-6-10-14(2,3)11-7-8-12-19(16,17)18/h4H,1,5-12H2,2-3H3. The molecule has 0 bridgehead atoms. The van der Waals surface area contributed by atoms with Crippen molar-refractivity contribution in [1.82, 2.24) is 0 Å². The fourth-order valence-electron chi connectivity index (χ4n) is 1.87. The van der Waals surface area contributed by atoms with Crippen LogP contribution in [-0.2, 0) is 14.9 Å². The molecule has 0 atom stereocenters. The Balaban J connectivity index is 3.74. The molecular weight excluding hydrogens is 266 g/mol. The Kier molecular flexibility index (Phi) is 8.13. The number of carbonyl (C=O) groups excluding carboxylic acids is 1. The summed E-state index contributed by atoms with van der Waals surface area (Å²) in [6.07, 6.45) is 4.83. The topological polar surface area (TPSA) is 74.3 Å². The monoisotopic (exact) mass is 291 g/mol. The zero-order chi connectivity index (χ0) is 14.9. The quantitative estimate of drug-likeness (QED) is 0.249. The first kappa shape index (κ1) is 18.3. The maximum Gasteiger partial charge on any atom is 0.155 e. The molecule has 5 nitrogen and oxygen atoms in total. The van der Waals surface area contributed by atoms with Crippen LogP contribution >= 0.6 is 0 Å². The molecule has 0 unspecified atom stereocenters. The van der Waals surface area contributed by atoms with Crippen molar-refractivity contribution in [3.8, 4) is 0 Å². The van der Waals surface area contributed by atoms with Crippen LogP contribution in [0, 0.1) is 0 Å². The molecule has 0 amide bonds. The third kappa shape index (κ3) is 12.1. The number of ketones is 1. The summed E-state index contributed by atoms with van der Waals surface area (Å²) < 4.78 is 32.2. The van der Waals surface area contributed by atoms with Crippen LogP contribution in [0.2, 0.25) is 0 Å². The molecule has 0 saturated carbocycles. The van der Waals surface area contributed by atoms with Crippen LogP contribution in [0.1, 0.15) is 32.1 Å². The van der Waals surface area contributed by atoms with Crippen LogP contribution in [0.3, 0.4) is 0 Å². The van der Waals surface area contributed by atoms with E-state index in [2.05, 4.69) is 20.7 Å². The summed E-state index contributed by atoms with van der Waals surface area (Å²) in [4.78, 5) is 11.0. The van der Waals surface area contributed by atoms with Gasteiger partial charge in [-0.2, -0.15) is 0 Å². The lowest BCUT2D eigenvalue weighted by Crippen LogP contribution is -2.41. The van der Waals surface area contributed by atoms with Gasteiger partial charge in [0.15, 0.2) is 5.78 Å². The van der Waals surface area contributed by atoms with Gasteiger partial charge < -0.3 is 9.04 Å². The number of rotatable bonds is 11. The van der Waals surface area contributed by atoms with Crippen molar-refractivity contribution >= 4 is 15.9 Å². The van der Waals surface area contributed by atoms with Crippen molar-refractivity contribution < 1.29 is 22.2 Å². The molecule has 0 aliphatic heterocycles. The second-order valence-electron chi connectivity index (χ2n) is 5.48. The number of hydrogen-bond donors (Lipinski definition) is 0. The first-order valence-corrected chi connectivity index (χ1v) is 8.15. The summed E-state index contributed by atoms with van der Waals surface area (Å²) >= 11 is 0. The molecule has 0 fully saturated rings. The van der Waals surface area contributed by atoms with Crippen LogP contribution in [0.5, 0.6) is 0 Å². The van der Waals surface area contributed by atoms with Crippen LogP contribution < -0.4 is 0 Å². The van der Waals surface area contributed by atoms with Gasteiger partial charge in [-0.1, -0.05) is 6.58 Å². The van der Waals surface area contributed by atoms with Crippen LogP contribution in [0.25, 0.3) is 0 Å². The highest BCUT2D eigenvalue weighted by Gasteiger charge is 2.14. The van der Waals surface area contributed by atoms with Gasteiger partial charge in [0.05, 0.1) is 37.3 Å². The molecule has 0 heterocycles. The molecule has 112 valence electrons. The second kappa shape index (κ2) is 8.45. The van der Waals surface area contributed by atoms with Crippen molar-refractivity contribution in [3.05, 3.63) is 12.7 Å². The lowest BCUT2D eigenvalue weighted by atomic mass is 10.1. The molecule has 0 radical (unpaired) electrons. The summed E-state index contributed by atoms with van der Waals surface area (Å²) in [5, 5.41) is 0. The van der Waals surface area contributed by atoms with Gasteiger partial charge in [0.25, 0.3) is 0 Å². The highest BCUT2D eigenvalue weighted by atomic mass is 32.2. The van der Waals surface area contributed by atoms with Gasteiger partial charge in [-0.3, -0.25) is 4.79 Å². The van der Waals surface area contributed by atoms with Crippen LogP contribution in [0.4, 0.5) is 0 Å². The average Bonchev–Trinajstić information content (AvgIpc) is 2.29. The number of nitrogens with zero attached hydrogens (tertiary/aromatic N) is 1. The summed E-state index contributed by atoms with van der Waals surface area (Å²) in [6, 6.07) is 0. The summed E-state index contributed by atoms with van der Waals surface area (Å²) in [6.45, 7) is 5.21. The highest BCUT2D eigenvalue weighted by molar-refractivity contribution is 7.85. The molecule has 6 heteroatoms. The lowest BCUT2D eigenvalue weighted by Gasteiger charge is -2.30. The fraction of sp³-hybridized carbons (Fsp3) is 0.769. The SMILES string of the molecule is C=CC(=O)CCCC[N+](C)(C)CCCCS(=O)(=O)[O-]. The Hall–Kier alpha value is -0.720. The molecule has 0 aliphatic carbocycles. The van der Waals surface area contributed by atoms with Gasteiger partial charge >= 0.3 is 0 Å². The number of hydrogen-bond acceptors (Lipinski definition) is 4. The van der Waals surface area contributed by atoms with Crippen molar-refractivity contribution in [2.45, 2.75) is 32.1 Å². The number of quaternary nitrogens is 1. The average molecular weight is 291 g/mol. The third-order valence-corrected chi connectivity index (χ3v) is 3.86. The maximum atomic E-state index is 11.0. The van der Waals surface area contributed by atoms with Gasteiger partial charge in [0.1, 0.15) is 0 Å². The zero-order valence-corrected chi connectivity index (χ0v) is 12.7. The summed E-state index contributed by atoms with van der Waals surface area (Å²) in [7, 11) is 0.0619. The van der Waals surface area contributed by atoms with Crippen molar-refractivity contribution in [2.75, 3.05) is 32.9 Å². The van der Waals surface area contributed by atoms with Crippen molar-refractivity contribution in [2.24, 2.45) is 0 Å². The number of unbranched alkanes of at least 4 members (excludes halogenated alkanes) is 2. The number of allylic oxidation sites excluding steroid dienone is 1. The Bertz CT molecular complexity index is 387. The minimum atomic E-state index is -4.08. The molecule has 0 aromatic rings. The number of carbonyl (C=O) groups is 1. The second-order valence-corrected chi connectivity index (χ2v) is 7.00. The minimum Gasteiger partial charge on any atom is -0.748 e. The first-order valence-electron chi connectivity index (χ1n) is 6.57. The molecule has 0 aromatic heterocycles. The van der Waals surface area contributed by atoms with E-state index in [1.165, 1.54) is 6.08 Å². The molecule has 0 aromatic carbocycles. The fourth-order valence-corrected chi connectivity index (χ4v) is 2.43. The normalized spacial score (nSPS) is 12.4. The lowest BCUT2D eigenvalue weighted by molar-refractivity contribution is -0.890. The molecule has 19 heavy (non-hydrogen) atoms. The van der Waals surface area contributed by atoms with E-state index in [-0.39, 0.29) is 11.5 Å². The van der Waals surface area contributed by atoms with Gasteiger partial charge in [0.2, 0.25) is 0 Å². The van der Waals surface area contributed by atoms with Gasteiger partial charge in [-0.15, -0.1) is 0 Å². The van der Waals surface area contributed by atoms with Crippen LogP contribution in [0.15, 0.2) is 12.7 Å². The first-order chi connectivity index (χ1) is 8.66.